The predicted molar refractivity (Wildman–Crippen MR) is 45.9 cm³/mol. The van der Waals surface area contributed by atoms with Crippen molar-refractivity contribution in [2.45, 2.75) is 13.8 Å². The molecule has 0 amide bonds. The number of hydrogen-bond donors (Lipinski definition) is 3. The van der Waals surface area contributed by atoms with Gasteiger partial charge < -0.3 is 11.2 Å². The van der Waals surface area contributed by atoms with Gasteiger partial charge in [-0.1, -0.05) is 0 Å². The predicted octanol–water partition coefficient (Wildman–Crippen LogP) is 0.566. The van der Waals surface area contributed by atoms with Crippen LogP contribution in [0.15, 0.2) is 6.07 Å². The number of rotatable bonds is 1. The number of nitrogens with two attached hydrogens (primary N) is 2. The molecule has 0 unspecified atom stereocenters. The van der Waals surface area contributed by atoms with E-state index in [-0.39, 0.29) is 0 Å². The van der Waals surface area contributed by atoms with E-state index in [4.69, 9.17) is 11.6 Å². The highest BCUT2D eigenvalue weighted by molar-refractivity contribution is 5.67. The molecule has 1 rings (SSSR count). The first-order chi connectivity index (χ1) is 5.15. The van der Waals surface area contributed by atoms with Crippen LogP contribution in [0.2, 0.25) is 0 Å². The van der Waals surface area contributed by atoms with E-state index >= 15 is 0 Å². The number of hydrazine groups is 1. The van der Waals surface area contributed by atoms with Crippen molar-refractivity contribution in [3.63, 3.8) is 0 Å². The van der Waals surface area contributed by atoms with E-state index in [1.54, 1.807) is 0 Å². The molecule has 11 heavy (non-hydrogen) atoms. The standard InChI is InChI=1S/C7H12N4/c1-4-3-6(11-9)7(8)5(2)10-4/h3H,8-9H2,1-2H3,(H,10,11). The van der Waals surface area contributed by atoms with E-state index in [9.17, 15) is 0 Å². The van der Waals surface area contributed by atoms with Gasteiger partial charge in [0.1, 0.15) is 0 Å². The molecule has 4 nitrogen and oxygen atoms in total. The molecule has 4 heteroatoms. The summed E-state index contributed by atoms with van der Waals surface area (Å²) < 4.78 is 0. The summed E-state index contributed by atoms with van der Waals surface area (Å²) >= 11 is 0. The van der Waals surface area contributed by atoms with Crippen LogP contribution in [0.1, 0.15) is 11.4 Å². The molecule has 0 aliphatic rings. The third kappa shape index (κ3) is 1.40. The third-order valence-electron chi connectivity index (χ3n) is 1.53. The van der Waals surface area contributed by atoms with Crippen molar-refractivity contribution in [2.24, 2.45) is 5.84 Å². The fourth-order valence-electron chi connectivity index (χ4n) is 0.958. The summed E-state index contributed by atoms with van der Waals surface area (Å²) in [5.74, 6) is 5.23. The van der Waals surface area contributed by atoms with Crippen LogP contribution < -0.4 is 17.0 Å². The summed E-state index contributed by atoms with van der Waals surface area (Å²) in [6.45, 7) is 3.75. The van der Waals surface area contributed by atoms with E-state index in [1.807, 2.05) is 19.9 Å². The van der Waals surface area contributed by atoms with Gasteiger partial charge in [0.05, 0.1) is 17.1 Å². The zero-order chi connectivity index (χ0) is 8.43. The maximum atomic E-state index is 5.66. The maximum Gasteiger partial charge on any atom is 0.0779 e. The molecule has 0 radical (unpaired) electrons. The van der Waals surface area contributed by atoms with Gasteiger partial charge in [-0.05, 0) is 19.9 Å². The van der Waals surface area contributed by atoms with Gasteiger partial charge in [-0.15, -0.1) is 0 Å². The Morgan fingerprint density at radius 3 is 2.64 bits per heavy atom. The smallest absolute Gasteiger partial charge is 0.0779 e. The fourth-order valence-corrected chi connectivity index (χ4v) is 0.958. The molecule has 0 saturated heterocycles. The quantitative estimate of drug-likeness (QED) is 0.406. The lowest BCUT2D eigenvalue weighted by Crippen LogP contribution is -2.10. The largest absolute Gasteiger partial charge is 0.396 e. The zero-order valence-electron chi connectivity index (χ0n) is 6.68. The van der Waals surface area contributed by atoms with Crippen LogP contribution >= 0.6 is 0 Å². The average molecular weight is 152 g/mol. The average Bonchev–Trinajstić information content (AvgIpc) is 1.96. The van der Waals surface area contributed by atoms with Gasteiger partial charge in [0, 0.05) is 5.69 Å². The number of anilines is 2. The Morgan fingerprint density at radius 2 is 2.09 bits per heavy atom. The summed E-state index contributed by atoms with van der Waals surface area (Å²) in [5, 5.41) is 0. The van der Waals surface area contributed by atoms with Gasteiger partial charge in [-0.25, -0.2) is 0 Å². The van der Waals surface area contributed by atoms with Crippen LogP contribution in [0.4, 0.5) is 11.4 Å². The normalized spacial score (nSPS) is 9.73. The Morgan fingerprint density at radius 1 is 1.45 bits per heavy atom. The highest BCUT2D eigenvalue weighted by atomic mass is 15.2. The Labute approximate surface area is 65.6 Å². The molecule has 0 aromatic carbocycles. The number of aryl methyl sites for hydroxylation is 2. The number of pyridine rings is 1. The SMILES string of the molecule is Cc1cc(NN)c(N)c(C)n1. The van der Waals surface area contributed by atoms with Crippen molar-refractivity contribution in [1.82, 2.24) is 4.98 Å². The Balaban J connectivity index is 3.24. The minimum Gasteiger partial charge on any atom is -0.396 e. The van der Waals surface area contributed by atoms with Gasteiger partial charge in [0.2, 0.25) is 0 Å². The molecule has 1 aromatic rings. The molecule has 0 aliphatic carbocycles. The second kappa shape index (κ2) is 2.75. The van der Waals surface area contributed by atoms with Gasteiger partial charge >= 0.3 is 0 Å². The molecule has 0 spiro atoms. The number of aromatic nitrogens is 1. The number of hydrogen-bond acceptors (Lipinski definition) is 4. The maximum absolute atomic E-state index is 5.66. The molecule has 0 aliphatic heterocycles. The first-order valence-corrected chi connectivity index (χ1v) is 3.35. The van der Waals surface area contributed by atoms with Crippen LogP contribution in [0.25, 0.3) is 0 Å². The van der Waals surface area contributed by atoms with Gasteiger partial charge in [0.15, 0.2) is 0 Å². The minimum atomic E-state index is 0.609. The van der Waals surface area contributed by atoms with E-state index in [1.165, 1.54) is 0 Å². The molecule has 0 bridgehead atoms. The van der Waals surface area contributed by atoms with Gasteiger partial charge in [0.25, 0.3) is 0 Å². The lowest BCUT2D eigenvalue weighted by molar-refractivity contribution is 1.12. The lowest BCUT2D eigenvalue weighted by atomic mass is 10.2. The molecule has 5 N–H and O–H groups in total. The Bertz CT molecular complexity index is 269. The van der Waals surface area contributed by atoms with Crippen molar-refractivity contribution >= 4 is 11.4 Å². The van der Waals surface area contributed by atoms with E-state index in [2.05, 4.69) is 10.4 Å². The van der Waals surface area contributed by atoms with Crippen LogP contribution in [-0.2, 0) is 0 Å². The van der Waals surface area contributed by atoms with Crippen molar-refractivity contribution in [3.05, 3.63) is 17.5 Å². The van der Waals surface area contributed by atoms with Crippen LogP contribution in [-0.4, -0.2) is 4.98 Å². The molecule has 0 atom stereocenters. The lowest BCUT2D eigenvalue weighted by Gasteiger charge is -2.07. The monoisotopic (exact) mass is 152 g/mol. The fraction of sp³-hybridized carbons (Fsp3) is 0.286. The molecule has 0 fully saturated rings. The number of nitrogens with zero attached hydrogens (tertiary/aromatic N) is 1. The van der Waals surface area contributed by atoms with Gasteiger partial charge in [-0.2, -0.15) is 0 Å². The molecule has 1 heterocycles. The summed E-state index contributed by atoms with van der Waals surface area (Å²) in [4.78, 5) is 4.16. The second-order valence-electron chi connectivity index (χ2n) is 2.45. The van der Waals surface area contributed by atoms with E-state index in [0.717, 1.165) is 17.1 Å². The van der Waals surface area contributed by atoms with Crippen LogP contribution in [0.3, 0.4) is 0 Å². The highest BCUT2D eigenvalue weighted by Crippen LogP contribution is 2.20. The second-order valence-corrected chi connectivity index (χ2v) is 2.45. The first kappa shape index (κ1) is 7.81. The van der Waals surface area contributed by atoms with E-state index in [0.29, 0.717) is 5.69 Å². The molecule has 1 aromatic heterocycles. The summed E-state index contributed by atoms with van der Waals surface area (Å²) in [6.07, 6.45) is 0. The first-order valence-electron chi connectivity index (χ1n) is 3.35. The molecular weight excluding hydrogens is 140 g/mol. The van der Waals surface area contributed by atoms with Crippen LogP contribution in [0, 0.1) is 13.8 Å². The topological polar surface area (TPSA) is 77.0 Å². The van der Waals surface area contributed by atoms with Crippen molar-refractivity contribution < 1.29 is 0 Å². The van der Waals surface area contributed by atoms with Crippen molar-refractivity contribution in [2.75, 3.05) is 11.2 Å². The number of nitrogens with one attached hydrogen (secondary N) is 1. The van der Waals surface area contributed by atoms with Crippen LogP contribution in [0.5, 0.6) is 0 Å². The third-order valence-corrected chi connectivity index (χ3v) is 1.53. The molecule has 0 saturated carbocycles. The highest BCUT2D eigenvalue weighted by Gasteiger charge is 2.01. The Hall–Kier alpha value is -1.29. The van der Waals surface area contributed by atoms with Gasteiger partial charge in [-0.3, -0.25) is 10.8 Å². The van der Waals surface area contributed by atoms with Crippen molar-refractivity contribution in [1.29, 1.82) is 0 Å². The summed E-state index contributed by atoms with van der Waals surface area (Å²) in [5.41, 5.74) is 11.2. The minimum absolute atomic E-state index is 0.609. The summed E-state index contributed by atoms with van der Waals surface area (Å²) in [6, 6.07) is 1.81. The zero-order valence-corrected chi connectivity index (χ0v) is 6.68. The Kier molecular flexibility index (Phi) is 1.96. The molecular formula is C7H12N4. The molecule has 60 valence electrons. The number of nitrogen functional groups attached to an aromatic ring is 2. The van der Waals surface area contributed by atoms with Crippen molar-refractivity contribution in [3.8, 4) is 0 Å². The summed E-state index contributed by atoms with van der Waals surface area (Å²) in [7, 11) is 0. The van der Waals surface area contributed by atoms with E-state index < -0.39 is 0 Å².